The van der Waals surface area contributed by atoms with Crippen LogP contribution in [0.15, 0.2) is 48.5 Å². The first-order valence-electron chi connectivity index (χ1n) is 5.59. The van der Waals surface area contributed by atoms with E-state index in [1.807, 2.05) is 0 Å². The summed E-state index contributed by atoms with van der Waals surface area (Å²) in [6.45, 7) is 13.2. The first-order valence-corrected chi connectivity index (χ1v) is 5.59. The van der Waals surface area contributed by atoms with Gasteiger partial charge in [0.1, 0.15) is 12.6 Å². The molecule has 96 valence electrons. The Hall–Kier alpha value is -3.24. The van der Waals surface area contributed by atoms with Gasteiger partial charge in [-0.05, 0) is 0 Å². The van der Waals surface area contributed by atoms with Crippen LogP contribution in [0.3, 0.4) is 0 Å². The molecule has 0 aromatic heterocycles. The smallest absolute Gasteiger partial charge is 0.187 e. The topological polar surface area (TPSA) is 42.9 Å². The van der Waals surface area contributed by atoms with Gasteiger partial charge in [-0.1, -0.05) is 48.5 Å². The predicted octanol–water partition coefficient (Wildman–Crippen LogP) is 4.10. The van der Waals surface area contributed by atoms with Gasteiger partial charge in [-0.2, -0.15) is 0 Å². The first kappa shape index (κ1) is 14.8. The zero-order valence-corrected chi connectivity index (χ0v) is 10.5. The molecule has 0 aliphatic rings. The molecule has 0 atom stereocenters. The number of carbonyl (C=O) groups is 2. The van der Waals surface area contributed by atoms with Crippen molar-refractivity contribution in [2.75, 3.05) is 0 Å². The van der Waals surface area contributed by atoms with Crippen LogP contribution in [0.5, 0.6) is 0 Å². The first-order chi connectivity index (χ1) is 9.73. The molecule has 0 N–H and O–H groups in total. The van der Waals surface area contributed by atoms with Crippen molar-refractivity contribution in [3.63, 3.8) is 0 Å². The highest BCUT2D eigenvalue weighted by atomic mass is 16.1. The van der Waals surface area contributed by atoms with E-state index in [1.54, 1.807) is 48.5 Å². The number of hydrogen-bond acceptors (Lipinski definition) is 2. The summed E-state index contributed by atoms with van der Waals surface area (Å²) in [5.74, 6) is 0. The summed E-state index contributed by atoms with van der Waals surface area (Å²) in [6, 6.07) is 13.0. The minimum Gasteiger partial charge on any atom is -0.298 e. The van der Waals surface area contributed by atoms with Gasteiger partial charge < -0.3 is 0 Å². The third-order valence-corrected chi connectivity index (χ3v) is 2.32. The van der Waals surface area contributed by atoms with Gasteiger partial charge in [-0.15, -0.1) is 0 Å². The fraction of sp³-hybridized carbons (Fsp3) is 0. The van der Waals surface area contributed by atoms with Crippen molar-refractivity contribution in [1.29, 1.82) is 0 Å². The average Bonchev–Trinajstić information content (AvgIpc) is 2.55. The largest absolute Gasteiger partial charge is 0.298 e. The van der Waals surface area contributed by atoms with E-state index in [0.29, 0.717) is 22.5 Å². The highest BCUT2D eigenvalue weighted by Gasteiger charge is 1.89. The Balaban J connectivity index is 0.000000200. The summed E-state index contributed by atoms with van der Waals surface area (Å²) >= 11 is 0. The quantitative estimate of drug-likeness (QED) is 0.604. The minimum atomic E-state index is 0.561. The second kappa shape index (κ2) is 7.97. The lowest BCUT2D eigenvalue weighted by molar-refractivity contribution is 0.111. The summed E-state index contributed by atoms with van der Waals surface area (Å²) in [4.78, 5) is 26.6. The van der Waals surface area contributed by atoms with Crippen LogP contribution in [0, 0.1) is 13.1 Å². The van der Waals surface area contributed by atoms with Crippen molar-refractivity contribution in [2.24, 2.45) is 0 Å². The van der Waals surface area contributed by atoms with Crippen LogP contribution in [-0.2, 0) is 0 Å². The van der Waals surface area contributed by atoms with E-state index >= 15 is 0 Å². The maximum Gasteiger partial charge on any atom is 0.187 e. The summed E-state index contributed by atoms with van der Waals surface area (Å²) in [5.41, 5.74) is 2.33. The van der Waals surface area contributed by atoms with Crippen molar-refractivity contribution in [1.82, 2.24) is 0 Å². The van der Waals surface area contributed by atoms with Gasteiger partial charge in [-0.3, -0.25) is 9.59 Å². The number of benzene rings is 2. The predicted molar refractivity (Wildman–Crippen MR) is 76.2 cm³/mol. The van der Waals surface area contributed by atoms with Crippen molar-refractivity contribution in [2.45, 2.75) is 0 Å². The molecule has 2 rings (SSSR count). The van der Waals surface area contributed by atoms with E-state index in [9.17, 15) is 9.59 Å². The van der Waals surface area contributed by atoms with E-state index < -0.39 is 0 Å². The number of aldehydes is 2. The summed E-state index contributed by atoms with van der Waals surface area (Å²) < 4.78 is 0. The van der Waals surface area contributed by atoms with Gasteiger partial charge in [0.05, 0.1) is 13.1 Å². The molecule has 0 aliphatic heterocycles. The molecule has 4 heteroatoms. The molecule has 0 radical (unpaired) electrons. The molecule has 0 unspecified atom stereocenters. The maximum atomic E-state index is 10.1. The van der Waals surface area contributed by atoms with Gasteiger partial charge in [0, 0.05) is 11.1 Å². The van der Waals surface area contributed by atoms with Crippen LogP contribution in [0.2, 0.25) is 0 Å². The molecule has 2 aromatic rings. The summed E-state index contributed by atoms with van der Waals surface area (Å²) in [5, 5.41) is 0. The van der Waals surface area contributed by atoms with Crippen LogP contribution < -0.4 is 0 Å². The van der Waals surface area contributed by atoms with Gasteiger partial charge in [0.25, 0.3) is 0 Å². The third-order valence-electron chi connectivity index (χ3n) is 2.32. The molecule has 0 saturated heterocycles. The van der Waals surface area contributed by atoms with Gasteiger partial charge >= 0.3 is 0 Å². The minimum absolute atomic E-state index is 0.561. The zero-order chi connectivity index (χ0) is 14.8. The molecule has 0 bridgehead atoms. The van der Waals surface area contributed by atoms with Crippen molar-refractivity contribution in [3.8, 4) is 0 Å². The molecular weight excluding hydrogens is 252 g/mol. The van der Waals surface area contributed by atoms with Crippen molar-refractivity contribution in [3.05, 3.63) is 82.5 Å². The Kier molecular flexibility index (Phi) is 5.90. The van der Waals surface area contributed by atoms with E-state index in [2.05, 4.69) is 9.69 Å². The molecular formula is C16H10N2O2. The third kappa shape index (κ3) is 4.56. The summed E-state index contributed by atoms with van der Waals surface area (Å²) in [6.07, 6.45) is 1.52. The number of hydrogen-bond donors (Lipinski definition) is 0. The zero-order valence-electron chi connectivity index (χ0n) is 10.5. The van der Waals surface area contributed by atoms with E-state index in [1.165, 1.54) is 0 Å². The lowest BCUT2D eigenvalue weighted by Crippen LogP contribution is -1.74. The van der Waals surface area contributed by atoms with Gasteiger partial charge in [-0.25, -0.2) is 9.69 Å². The van der Waals surface area contributed by atoms with E-state index in [4.69, 9.17) is 13.1 Å². The van der Waals surface area contributed by atoms with Crippen LogP contribution in [-0.4, -0.2) is 12.6 Å². The highest BCUT2D eigenvalue weighted by Crippen LogP contribution is 2.11. The highest BCUT2D eigenvalue weighted by molar-refractivity contribution is 5.76. The monoisotopic (exact) mass is 262 g/mol. The number of rotatable bonds is 2. The maximum absolute atomic E-state index is 10.1. The Morgan fingerprint density at radius 3 is 1.15 bits per heavy atom. The van der Waals surface area contributed by atoms with Crippen LogP contribution in [0.4, 0.5) is 11.4 Å². The molecule has 2 aromatic carbocycles. The second-order valence-corrected chi connectivity index (χ2v) is 3.64. The van der Waals surface area contributed by atoms with E-state index in [0.717, 1.165) is 12.6 Å². The fourth-order valence-electron chi connectivity index (χ4n) is 1.25. The van der Waals surface area contributed by atoms with Gasteiger partial charge in [0.2, 0.25) is 0 Å². The lowest BCUT2D eigenvalue weighted by Gasteiger charge is -1.87. The molecule has 0 amide bonds. The lowest BCUT2D eigenvalue weighted by atomic mass is 10.2. The van der Waals surface area contributed by atoms with Crippen LogP contribution >= 0.6 is 0 Å². The molecule has 0 fully saturated rings. The Labute approximate surface area is 116 Å². The van der Waals surface area contributed by atoms with E-state index in [-0.39, 0.29) is 0 Å². The molecule has 0 spiro atoms. The van der Waals surface area contributed by atoms with Crippen LogP contribution in [0.1, 0.15) is 20.7 Å². The average molecular weight is 262 g/mol. The SMILES string of the molecule is [C-]#[N+]c1ccc(C=O)cc1.[C-]#[N+]c1ccc(C=O)cc1. The summed E-state index contributed by atoms with van der Waals surface area (Å²) in [7, 11) is 0. The second-order valence-electron chi connectivity index (χ2n) is 3.64. The number of nitrogens with zero attached hydrogens (tertiary/aromatic N) is 2. The molecule has 0 saturated carbocycles. The molecule has 4 nitrogen and oxygen atoms in total. The van der Waals surface area contributed by atoms with Gasteiger partial charge in [0.15, 0.2) is 11.4 Å². The molecule has 0 heterocycles. The number of carbonyl (C=O) groups excluding carboxylic acids is 2. The standard InChI is InChI=1S/2C8H5NO/c2*1-9-8-4-2-7(6-10)3-5-8/h2*2-6H. The Morgan fingerprint density at radius 1 is 0.650 bits per heavy atom. The Morgan fingerprint density at radius 2 is 0.950 bits per heavy atom. The fourth-order valence-corrected chi connectivity index (χ4v) is 1.25. The normalized spacial score (nSPS) is 8.30. The van der Waals surface area contributed by atoms with Crippen molar-refractivity contribution < 1.29 is 9.59 Å². The molecule has 0 aliphatic carbocycles. The Bertz CT molecular complexity index is 598. The molecule has 20 heavy (non-hydrogen) atoms. The van der Waals surface area contributed by atoms with Crippen molar-refractivity contribution >= 4 is 23.9 Å². The van der Waals surface area contributed by atoms with Crippen LogP contribution in [0.25, 0.3) is 9.69 Å².